The molecule has 2 saturated heterocycles. The molecule has 7 rings (SSSR count). The zero-order chi connectivity index (χ0) is 36.9. The number of carbonyl (C=O) groups is 3. The normalized spacial score (nSPS) is 21.6. The second-order valence-corrected chi connectivity index (χ2v) is 14.1. The number of benzene rings is 3. The molecular formula is C42H43BN2O8. The summed E-state index contributed by atoms with van der Waals surface area (Å²) in [5, 5.41) is 32.4. The summed E-state index contributed by atoms with van der Waals surface area (Å²) >= 11 is 0. The van der Waals surface area contributed by atoms with Crippen molar-refractivity contribution in [2.24, 2.45) is 17.8 Å². The second kappa shape index (κ2) is 16.2. The Hall–Kier alpha value is -5.26. The number of imide groups is 1. The molecule has 1 aromatic heterocycles. The average molecular weight is 715 g/mol. The topological polar surface area (TPSA) is 146 Å². The zero-order valence-corrected chi connectivity index (χ0v) is 29.5. The number of pyridine rings is 1. The number of unbranched alkanes of at least 4 members (excludes halogenated alkanes) is 2. The monoisotopic (exact) mass is 714 g/mol. The number of fused-ring (bicyclic) bond motifs is 4. The average Bonchev–Trinajstić information content (AvgIpc) is 3.41. The Labute approximate surface area is 308 Å². The number of likely N-dealkylation sites (tertiary alicyclic amines) is 1. The number of para-hydroxylation sites is 1. The standard InChI is InChI=1S/C42H43BN2O8/c46-36-19-17-27(31-13-6-7-14-32(31)36)23-28(35-15-8-9-21-44-35)18-20-37-39-29(26-52-30-11-3-1-4-12-30)24-33-40(34(39)25-43(51)53-37)42(50)45(41(33)49)22-10-2-5-16-38(47)48/h1,3-4,6-9,11-15,17,19,21,23,33-34,37,40,46,51H,2,5,10,16,18,20,22,24-26H2,(H,47,48)/b28-23-/t33-,34+,37-,40-/m1/s1. The van der Waals surface area contributed by atoms with Crippen molar-refractivity contribution in [3.63, 3.8) is 0 Å². The number of ether oxygens (including phenoxy) is 1. The molecule has 2 amide bonds. The summed E-state index contributed by atoms with van der Waals surface area (Å²) in [6.45, 7) is 0.461. The van der Waals surface area contributed by atoms with Crippen LogP contribution in [-0.4, -0.2) is 69.3 Å². The molecule has 2 fully saturated rings. The molecule has 0 unspecified atom stereocenters. The van der Waals surface area contributed by atoms with E-state index < -0.39 is 36.9 Å². The number of hydrogen-bond acceptors (Lipinski definition) is 8. The molecule has 4 aromatic rings. The quantitative estimate of drug-likeness (QED) is 0.0557. The molecule has 0 radical (unpaired) electrons. The Morgan fingerprint density at radius 2 is 1.68 bits per heavy atom. The number of allylic oxidation sites excluding steroid dienone is 1. The van der Waals surface area contributed by atoms with Gasteiger partial charge < -0.3 is 24.6 Å². The number of phenols is 1. The van der Waals surface area contributed by atoms with Crippen LogP contribution in [0.15, 0.2) is 102 Å². The van der Waals surface area contributed by atoms with Crippen molar-refractivity contribution >= 4 is 47.3 Å². The molecule has 1 aliphatic carbocycles. The molecule has 0 bridgehead atoms. The van der Waals surface area contributed by atoms with Crippen LogP contribution in [0.2, 0.25) is 6.32 Å². The predicted octanol–water partition coefficient (Wildman–Crippen LogP) is 6.78. The van der Waals surface area contributed by atoms with Gasteiger partial charge in [0.2, 0.25) is 11.8 Å². The van der Waals surface area contributed by atoms with Gasteiger partial charge in [-0.15, -0.1) is 0 Å². The van der Waals surface area contributed by atoms with Crippen LogP contribution in [-0.2, 0) is 19.0 Å². The number of amides is 2. The minimum absolute atomic E-state index is 0.0509. The van der Waals surface area contributed by atoms with Gasteiger partial charge >= 0.3 is 13.1 Å². The summed E-state index contributed by atoms with van der Waals surface area (Å²) in [6, 6.07) is 26.5. The van der Waals surface area contributed by atoms with E-state index in [0.717, 1.165) is 38.7 Å². The fourth-order valence-electron chi connectivity index (χ4n) is 8.33. The van der Waals surface area contributed by atoms with E-state index in [2.05, 4.69) is 11.1 Å². The number of carboxylic acids is 1. The number of nitrogens with zero attached hydrogens (tertiary/aromatic N) is 2. The van der Waals surface area contributed by atoms with Gasteiger partial charge in [-0.25, -0.2) is 0 Å². The van der Waals surface area contributed by atoms with Crippen molar-refractivity contribution in [1.82, 2.24) is 9.88 Å². The first-order chi connectivity index (χ1) is 25.8. The molecule has 3 N–H and O–H groups in total. The molecular weight excluding hydrogens is 671 g/mol. The Morgan fingerprint density at radius 3 is 2.45 bits per heavy atom. The van der Waals surface area contributed by atoms with Crippen molar-refractivity contribution in [2.45, 2.75) is 57.4 Å². The highest BCUT2D eigenvalue weighted by Gasteiger charge is 2.57. The van der Waals surface area contributed by atoms with Gasteiger partial charge in [0, 0.05) is 24.5 Å². The largest absolute Gasteiger partial charge is 0.507 e. The number of aromatic nitrogens is 1. The zero-order valence-electron chi connectivity index (χ0n) is 29.5. The number of aliphatic carboxylic acids is 1. The van der Waals surface area contributed by atoms with E-state index in [9.17, 15) is 24.5 Å². The Balaban J connectivity index is 1.20. The summed E-state index contributed by atoms with van der Waals surface area (Å²) in [5.74, 6) is -2.01. The highest BCUT2D eigenvalue weighted by atomic mass is 16.5. The minimum Gasteiger partial charge on any atom is -0.507 e. The van der Waals surface area contributed by atoms with Crippen LogP contribution in [0.3, 0.4) is 0 Å². The Morgan fingerprint density at radius 1 is 0.906 bits per heavy atom. The van der Waals surface area contributed by atoms with Crippen molar-refractivity contribution in [2.75, 3.05) is 13.2 Å². The fourth-order valence-corrected chi connectivity index (χ4v) is 8.33. The third kappa shape index (κ3) is 7.91. The first-order valence-corrected chi connectivity index (χ1v) is 18.4. The molecule has 11 heteroatoms. The summed E-state index contributed by atoms with van der Waals surface area (Å²) in [4.78, 5) is 44.9. The van der Waals surface area contributed by atoms with E-state index >= 15 is 0 Å². The van der Waals surface area contributed by atoms with Gasteiger partial charge in [-0.1, -0.05) is 61.0 Å². The number of rotatable bonds is 14. The van der Waals surface area contributed by atoms with Gasteiger partial charge in [0.05, 0.1) is 23.6 Å². The predicted molar refractivity (Wildman–Crippen MR) is 201 cm³/mol. The fraction of sp³-hybridized carbons (Fsp3) is 0.333. The third-order valence-electron chi connectivity index (χ3n) is 10.8. The number of carbonyl (C=O) groups excluding carboxylic acids is 2. The Kier molecular flexibility index (Phi) is 11.0. The molecule has 10 nitrogen and oxygen atoms in total. The van der Waals surface area contributed by atoms with Gasteiger partial charge in [0.1, 0.15) is 18.1 Å². The van der Waals surface area contributed by atoms with E-state index in [4.69, 9.17) is 14.5 Å². The van der Waals surface area contributed by atoms with Gasteiger partial charge in [0.15, 0.2) is 0 Å². The van der Waals surface area contributed by atoms with Crippen LogP contribution in [0, 0.1) is 17.8 Å². The van der Waals surface area contributed by atoms with Gasteiger partial charge in [-0.3, -0.25) is 24.3 Å². The van der Waals surface area contributed by atoms with Crippen LogP contribution < -0.4 is 4.74 Å². The van der Waals surface area contributed by atoms with Crippen molar-refractivity contribution < 1.29 is 39.0 Å². The molecule has 0 spiro atoms. The smallest absolute Gasteiger partial charge is 0.455 e. The first-order valence-electron chi connectivity index (χ1n) is 18.4. The van der Waals surface area contributed by atoms with Crippen molar-refractivity contribution in [3.8, 4) is 11.5 Å². The number of carboxylic acid groups (broad SMARTS) is 1. The summed E-state index contributed by atoms with van der Waals surface area (Å²) in [7, 11) is -1.12. The lowest BCUT2D eigenvalue weighted by atomic mass is 9.58. The molecule has 3 aromatic carbocycles. The van der Waals surface area contributed by atoms with E-state index in [0.29, 0.717) is 44.3 Å². The van der Waals surface area contributed by atoms with Crippen molar-refractivity contribution in [1.29, 1.82) is 0 Å². The van der Waals surface area contributed by atoms with Crippen LogP contribution in [0.1, 0.15) is 56.2 Å². The molecule has 4 atom stereocenters. The summed E-state index contributed by atoms with van der Waals surface area (Å²) in [5.41, 5.74) is 4.50. The number of aromatic hydroxyl groups is 1. The summed E-state index contributed by atoms with van der Waals surface area (Å²) in [6.07, 6.45) is 6.49. The second-order valence-electron chi connectivity index (χ2n) is 14.1. The van der Waals surface area contributed by atoms with Gasteiger partial charge in [0.25, 0.3) is 0 Å². The van der Waals surface area contributed by atoms with Crippen LogP contribution in [0.5, 0.6) is 11.5 Å². The maximum Gasteiger partial charge on any atom is 0.455 e. The third-order valence-corrected chi connectivity index (χ3v) is 10.8. The SMILES string of the molecule is O=C(O)CCCCCN1C(=O)[C@@H]2[C@@H](CC(COc3ccccc3)=C3[C@@H](CC/C(=C/c4ccc(O)c5ccccc45)c4ccccn4)OB(O)C[C@@H]32)C1=O. The molecule has 2 aliphatic heterocycles. The van der Waals surface area contributed by atoms with Crippen LogP contribution >= 0.6 is 0 Å². The van der Waals surface area contributed by atoms with Gasteiger partial charge in [-0.05, 0) is 108 Å². The summed E-state index contributed by atoms with van der Waals surface area (Å²) < 4.78 is 12.6. The molecule has 53 heavy (non-hydrogen) atoms. The van der Waals surface area contributed by atoms with Crippen molar-refractivity contribution in [3.05, 3.63) is 114 Å². The van der Waals surface area contributed by atoms with E-state index in [1.165, 1.54) is 4.90 Å². The highest BCUT2D eigenvalue weighted by Crippen LogP contribution is 2.51. The Bertz CT molecular complexity index is 2030. The van der Waals surface area contributed by atoms with E-state index in [1.807, 2.05) is 78.9 Å². The number of phenolic OH excluding ortho intramolecular Hbond substituents is 1. The van der Waals surface area contributed by atoms with Crippen LogP contribution in [0.4, 0.5) is 0 Å². The minimum atomic E-state index is -1.12. The number of hydrogen-bond donors (Lipinski definition) is 3. The first kappa shape index (κ1) is 36.1. The lowest BCUT2D eigenvalue weighted by molar-refractivity contribution is -0.141. The molecule has 3 aliphatic rings. The maximum atomic E-state index is 14.1. The molecule has 0 saturated carbocycles. The van der Waals surface area contributed by atoms with E-state index in [-0.39, 0.29) is 43.5 Å². The lowest BCUT2D eigenvalue weighted by Crippen LogP contribution is -2.46. The van der Waals surface area contributed by atoms with Crippen LogP contribution in [0.25, 0.3) is 22.4 Å². The molecule has 3 heterocycles. The van der Waals surface area contributed by atoms with Gasteiger partial charge in [-0.2, -0.15) is 0 Å². The highest BCUT2D eigenvalue weighted by molar-refractivity contribution is 6.43. The lowest BCUT2D eigenvalue weighted by Gasteiger charge is -2.43. The van der Waals surface area contributed by atoms with E-state index in [1.54, 1.807) is 12.3 Å². The maximum absolute atomic E-state index is 14.1. The molecule has 272 valence electrons.